The topological polar surface area (TPSA) is 85.8 Å². The number of benzene rings is 1. The van der Waals surface area contributed by atoms with Crippen molar-refractivity contribution in [3.05, 3.63) is 29.8 Å². The highest BCUT2D eigenvalue weighted by Gasteiger charge is 2.27. The molecular formula is C21H34IN5O2. The summed E-state index contributed by atoms with van der Waals surface area (Å²) in [4.78, 5) is 30.7. The average molecular weight is 515 g/mol. The Hall–Kier alpha value is -1.84. The number of nitrogens with one attached hydrogen (secondary N) is 3. The predicted octanol–water partition coefficient (Wildman–Crippen LogP) is 2.62. The van der Waals surface area contributed by atoms with E-state index in [1.54, 1.807) is 0 Å². The molecule has 1 aromatic carbocycles. The Morgan fingerprint density at radius 3 is 2.69 bits per heavy atom. The van der Waals surface area contributed by atoms with Gasteiger partial charge in [0.25, 0.3) is 0 Å². The minimum atomic E-state index is -0.159. The number of hydrogen-bond acceptors (Lipinski definition) is 3. The summed E-state index contributed by atoms with van der Waals surface area (Å²) < 4.78 is 0. The third-order valence-electron chi connectivity index (χ3n) is 4.68. The Labute approximate surface area is 191 Å². The van der Waals surface area contributed by atoms with E-state index in [-0.39, 0.29) is 54.3 Å². The van der Waals surface area contributed by atoms with Crippen LogP contribution in [0.1, 0.15) is 39.7 Å². The van der Waals surface area contributed by atoms with Gasteiger partial charge in [0.1, 0.15) is 6.54 Å². The number of guanidine groups is 1. The summed E-state index contributed by atoms with van der Waals surface area (Å²) in [7, 11) is 0. The number of hydrogen-bond donors (Lipinski definition) is 3. The summed E-state index contributed by atoms with van der Waals surface area (Å²) in [6.45, 7) is 10.1. The molecule has 2 amide bonds. The Kier molecular flexibility index (Phi) is 11.0. The van der Waals surface area contributed by atoms with Crippen molar-refractivity contribution in [2.75, 3.05) is 31.5 Å². The zero-order chi connectivity index (χ0) is 20.5. The van der Waals surface area contributed by atoms with Gasteiger partial charge in [-0.2, -0.15) is 0 Å². The van der Waals surface area contributed by atoms with Crippen molar-refractivity contribution in [2.45, 2.75) is 46.6 Å². The molecule has 1 aliphatic rings. The summed E-state index contributed by atoms with van der Waals surface area (Å²) in [6.07, 6.45) is 1.80. The van der Waals surface area contributed by atoms with Crippen LogP contribution in [0, 0.1) is 5.92 Å². The molecule has 1 aliphatic heterocycles. The third-order valence-corrected chi connectivity index (χ3v) is 4.68. The lowest BCUT2D eigenvalue weighted by molar-refractivity contribution is -0.133. The van der Waals surface area contributed by atoms with Crippen LogP contribution in [0.2, 0.25) is 0 Å². The fourth-order valence-corrected chi connectivity index (χ4v) is 3.18. The van der Waals surface area contributed by atoms with Gasteiger partial charge in [-0.15, -0.1) is 24.0 Å². The van der Waals surface area contributed by atoms with E-state index in [1.807, 2.05) is 49.9 Å². The largest absolute Gasteiger partial charge is 0.357 e. The molecule has 1 saturated heterocycles. The van der Waals surface area contributed by atoms with Gasteiger partial charge in [0, 0.05) is 37.3 Å². The fourth-order valence-electron chi connectivity index (χ4n) is 3.18. The highest BCUT2D eigenvalue weighted by Crippen LogP contribution is 2.13. The van der Waals surface area contributed by atoms with Crippen LogP contribution in [0.3, 0.4) is 0 Å². The molecule has 0 bridgehead atoms. The number of amides is 2. The Bertz CT molecular complexity index is 708. The minimum Gasteiger partial charge on any atom is -0.357 e. The molecule has 29 heavy (non-hydrogen) atoms. The maximum Gasteiger partial charge on any atom is 0.246 e. The smallest absolute Gasteiger partial charge is 0.246 e. The molecule has 1 fully saturated rings. The first-order valence-corrected chi connectivity index (χ1v) is 10.1. The van der Waals surface area contributed by atoms with Gasteiger partial charge in [-0.1, -0.05) is 32.9 Å². The van der Waals surface area contributed by atoms with Gasteiger partial charge in [-0.3, -0.25) is 9.59 Å². The lowest BCUT2D eigenvalue weighted by Crippen LogP contribution is -2.45. The number of carbonyl (C=O) groups excluding carboxylic acids is 2. The normalized spacial score (nSPS) is 16.4. The summed E-state index contributed by atoms with van der Waals surface area (Å²) >= 11 is 0. The van der Waals surface area contributed by atoms with E-state index in [2.05, 4.69) is 27.9 Å². The molecule has 0 aromatic heterocycles. The molecule has 1 aromatic rings. The Morgan fingerprint density at radius 1 is 1.28 bits per heavy atom. The van der Waals surface area contributed by atoms with E-state index in [9.17, 15) is 9.59 Å². The molecular weight excluding hydrogens is 481 g/mol. The highest BCUT2D eigenvalue weighted by atomic mass is 127. The number of aliphatic imine (C=N–C) groups is 1. The maximum atomic E-state index is 12.2. The van der Waals surface area contributed by atoms with Crippen molar-refractivity contribution in [2.24, 2.45) is 10.9 Å². The van der Waals surface area contributed by atoms with Crippen molar-refractivity contribution >= 4 is 47.4 Å². The average Bonchev–Trinajstić information content (AvgIpc) is 3.14. The van der Waals surface area contributed by atoms with E-state index in [0.29, 0.717) is 19.0 Å². The standard InChI is InChI=1S/C21H33N5O2.HI/c1-5-16-8-7-9-17(12-16)24-19(27)13-23-21(22-6-2)25-18-10-11-26(14-18)20(28)15(3)4;/h7-9,12,15,18H,5-6,10-11,13-14H2,1-4H3,(H,24,27)(H2,22,23,25);1H. The number of rotatable bonds is 7. The van der Waals surface area contributed by atoms with Crippen molar-refractivity contribution in [1.82, 2.24) is 15.5 Å². The van der Waals surface area contributed by atoms with E-state index < -0.39 is 0 Å². The second-order valence-electron chi connectivity index (χ2n) is 7.37. The van der Waals surface area contributed by atoms with E-state index >= 15 is 0 Å². The molecule has 0 radical (unpaired) electrons. The molecule has 8 heteroatoms. The van der Waals surface area contributed by atoms with Gasteiger partial charge in [-0.25, -0.2) is 4.99 Å². The number of anilines is 1. The Morgan fingerprint density at radius 2 is 2.03 bits per heavy atom. The molecule has 0 aliphatic carbocycles. The minimum absolute atomic E-state index is 0. The number of likely N-dealkylation sites (tertiary alicyclic amines) is 1. The number of aryl methyl sites for hydroxylation is 1. The van der Waals surface area contributed by atoms with Crippen LogP contribution in [0.4, 0.5) is 5.69 Å². The van der Waals surface area contributed by atoms with Crippen molar-refractivity contribution < 1.29 is 9.59 Å². The lowest BCUT2D eigenvalue weighted by atomic mass is 10.1. The summed E-state index contributed by atoms with van der Waals surface area (Å²) in [5.74, 6) is 0.632. The molecule has 2 rings (SSSR count). The Balaban J connectivity index is 0.00000420. The first kappa shape index (κ1) is 25.2. The van der Waals surface area contributed by atoms with Gasteiger partial charge in [-0.05, 0) is 37.5 Å². The molecule has 0 saturated carbocycles. The SMILES string of the molecule is CCNC(=NCC(=O)Nc1cccc(CC)c1)NC1CCN(C(=O)C(C)C)C1.I. The molecule has 3 N–H and O–H groups in total. The van der Waals surface area contributed by atoms with Crippen LogP contribution in [-0.2, 0) is 16.0 Å². The second kappa shape index (κ2) is 12.7. The van der Waals surface area contributed by atoms with Gasteiger partial charge in [0.2, 0.25) is 11.8 Å². The predicted molar refractivity (Wildman–Crippen MR) is 129 cm³/mol. The number of halogens is 1. The number of nitrogens with zero attached hydrogens (tertiary/aromatic N) is 2. The van der Waals surface area contributed by atoms with Crippen molar-refractivity contribution in [3.8, 4) is 0 Å². The summed E-state index contributed by atoms with van der Waals surface area (Å²) in [5.41, 5.74) is 1.97. The number of carbonyl (C=O) groups is 2. The van der Waals surface area contributed by atoms with Crippen molar-refractivity contribution in [3.63, 3.8) is 0 Å². The monoisotopic (exact) mass is 515 g/mol. The van der Waals surface area contributed by atoms with Crippen molar-refractivity contribution in [1.29, 1.82) is 0 Å². The molecule has 1 atom stereocenters. The van der Waals surface area contributed by atoms with Gasteiger partial charge in [0.15, 0.2) is 5.96 Å². The molecule has 7 nitrogen and oxygen atoms in total. The molecule has 1 unspecified atom stereocenters. The first-order valence-electron chi connectivity index (χ1n) is 10.1. The third kappa shape index (κ3) is 8.20. The summed E-state index contributed by atoms with van der Waals surface area (Å²) in [5, 5.41) is 9.40. The van der Waals surface area contributed by atoms with Crippen LogP contribution in [0.15, 0.2) is 29.3 Å². The molecule has 0 spiro atoms. The second-order valence-corrected chi connectivity index (χ2v) is 7.37. The van der Waals surface area contributed by atoms with Crippen LogP contribution >= 0.6 is 24.0 Å². The van der Waals surface area contributed by atoms with Crippen LogP contribution in [0.25, 0.3) is 0 Å². The van der Waals surface area contributed by atoms with Crippen LogP contribution in [-0.4, -0.2) is 54.9 Å². The van der Waals surface area contributed by atoms with E-state index in [4.69, 9.17) is 0 Å². The maximum absolute atomic E-state index is 12.2. The van der Waals surface area contributed by atoms with Crippen LogP contribution < -0.4 is 16.0 Å². The van der Waals surface area contributed by atoms with E-state index in [1.165, 1.54) is 5.56 Å². The zero-order valence-corrected chi connectivity index (χ0v) is 20.2. The van der Waals surface area contributed by atoms with Gasteiger partial charge >= 0.3 is 0 Å². The van der Waals surface area contributed by atoms with Crippen LogP contribution in [0.5, 0.6) is 0 Å². The molecule has 1 heterocycles. The quantitative estimate of drug-likeness (QED) is 0.296. The zero-order valence-electron chi connectivity index (χ0n) is 17.8. The first-order chi connectivity index (χ1) is 13.4. The van der Waals surface area contributed by atoms with Gasteiger partial charge in [0.05, 0.1) is 0 Å². The van der Waals surface area contributed by atoms with Gasteiger partial charge < -0.3 is 20.9 Å². The van der Waals surface area contributed by atoms with E-state index in [0.717, 1.165) is 25.1 Å². The fraction of sp³-hybridized carbons (Fsp3) is 0.571. The lowest BCUT2D eigenvalue weighted by Gasteiger charge is -2.20. The highest BCUT2D eigenvalue weighted by molar-refractivity contribution is 14.0. The summed E-state index contributed by atoms with van der Waals surface area (Å²) in [6, 6.07) is 7.97. The molecule has 162 valence electrons.